The number of carbonyl (C=O) groups is 2. The molecule has 2 N–H and O–H groups in total. The standard InChI is InChI=1S/C12H14FNO4/c1-12(2,3)18-11(17)14-9-5-4-8(13)10(16)7(9)6-15/h4-6,16H,1-3H3,(H,14,17). The summed E-state index contributed by atoms with van der Waals surface area (Å²) in [6.45, 7) is 5.03. The zero-order valence-corrected chi connectivity index (χ0v) is 10.3. The van der Waals surface area contributed by atoms with Crippen molar-refractivity contribution in [3.05, 3.63) is 23.5 Å². The number of carbonyl (C=O) groups excluding carboxylic acids is 2. The third kappa shape index (κ3) is 3.44. The second kappa shape index (κ2) is 5.03. The maximum absolute atomic E-state index is 13.0. The molecule has 0 fully saturated rings. The molecule has 18 heavy (non-hydrogen) atoms. The van der Waals surface area contributed by atoms with Crippen LogP contribution < -0.4 is 5.32 Å². The van der Waals surface area contributed by atoms with Gasteiger partial charge in [-0.2, -0.15) is 0 Å². The molecule has 0 aliphatic rings. The first-order chi connectivity index (χ1) is 8.24. The quantitative estimate of drug-likeness (QED) is 0.796. The molecule has 1 amide bonds. The second-order valence-corrected chi connectivity index (χ2v) is 4.60. The van der Waals surface area contributed by atoms with E-state index in [9.17, 15) is 19.1 Å². The van der Waals surface area contributed by atoms with Crippen LogP contribution in [-0.2, 0) is 4.74 Å². The molecule has 0 heterocycles. The van der Waals surface area contributed by atoms with Crippen LogP contribution in [0.5, 0.6) is 5.75 Å². The average molecular weight is 255 g/mol. The van der Waals surface area contributed by atoms with Crippen LogP contribution >= 0.6 is 0 Å². The average Bonchev–Trinajstić information content (AvgIpc) is 2.21. The Kier molecular flexibility index (Phi) is 3.90. The molecule has 0 aromatic heterocycles. The Morgan fingerprint density at radius 2 is 2.06 bits per heavy atom. The van der Waals surface area contributed by atoms with Gasteiger partial charge < -0.3 is 9.84 Å². The fraction of sp³-hybridized carbons (Fsp3) is 0.333. The number of aromatic hydroxyl groups is 1. The monoisotopic (exact) mass is 255 g/mol. The minimum absolute atomic E-state index is 0.0156. The summed E-state index contributed by atoms with van der Waals surface area (Å²) in [5.41, 5.74) is -1.05. The zero-order chi connectivity index (χ0) is 13.9. The van der Waals surface area contributed by atoms with Crippen LogP contribution in [0.15, 0.2) is 12.1 Å². The van der Waals surface area contributed by atoms with Crippen molar-refractivity contribution in [2.75, 3.05) is 5.32 Å². The number of hydrogen-bond acceptors (Lipinski definition) is 4. The van der Waals surface area contributed by atoms with Gasteiger partial charge in [0.2, 0.25) is 0 Å². The smallest absolute Gasteiger partial charge is 0.412 e. The lowest BCUT2D eigenvalue weighted by molar-refractivity contribution is 0.0636. The highest BCUT2D eigenvalue weighted by atomic mass is 19.1. The van der Waals surface area contributed by atoms with Crippen LogP contribution in [0.25, 0.3) is 0 Å². The highest BCUT2D eigenvalue weighted by molar-refractivity contribution is 5.95. The number of rotatable bonds is 2. The zero-order valence-electron chi connectivity index (χ0n) is 10.3. The first-order valence-corrected chi connectivity index (χ1v) is 5.21. The number of phenols is 1. The molecule has 6 heteroatoms. The van der Waals surface area contributed by atoms with Gasteiger partial charge in [0.25, 0.3) is 0 Å². The second-order valence-electron chi connectivity index (χ2n) is 4.60. The predicted octanol–water partition coefficient (Wildman–Crippen LogP) is 2.69. The van der Waals surface area contributed by atoms with E-state index in [2.05, 4.69) is 5.32 Å². The third-order valence-corrected chi connectivity index (χ3v) is 1.92. The van der Waals surface area contributed by atoms with Crippen molar-refractivity contribution < 1.29 is 23.8 Å². The van der Waals surface area contributed by atoms with E-state index in [4.69, 9.17) is 4.74 Å². The highest BCUT2D eigenvalue weighted by Crippen LogP contribution is 2.27. The van der Waals surface area contributed by atoms with Gasteiger partial charge in [-0.15, -0.1) is 0 Å². The van der Waals surface area contributed by atoms with Gasteiger partial charge >= 0.3 is 6.09 Å². The van der Waals surface area contributed by atoms with Crippen LogP contribution in [0.2, 0.25) is 0 Å². The number of ether oxygens (including phenoxy) is 1. The first kappa shape index (κ1) is 14.0. The summed E-state index contributed by atoms with van der Waals surface area (Å²) in [6.07, 6.45) is -0.540. The minimum atomic E-state index is -0.938. The third-order valence-electron chi connectivity index (χ3n) is 1.92. The molecule has 0 aliphatic heterocycles. The normalized spacial score (nSPS) is 10.9. The van der Waals surface area contributed by atoms with Crippen LogP contribution in [0.3, 0.4) is 0 Å². The maximum atomic E-state index is 13.0. The highest BCUT2D eigenvalue weighted by Gasteiger charge is 2.19. The topological polar surface area (TPSA) is 75.6 Å². The van der Waals surface area contributed by atoms with E-state index in [1.54, 1.807) is 20.8 Å². The lowest BCUT2D eigenvalue weighted by Gasteiger charge is -2.20. The van der Waals surface area contributed by atoms with E-state index in [1.165, 1.54) is 6.07 Å². The lowest BCUT2D eigenvalue weighted by atomic mass is 10.1. The largest absolute Gasteiger partial charge is 0.504 e. The summed E-state index contributed by atoms with van der Waals surface area (Å²) in [6, 6.07) is 2.11. The van der Waals surface area contributed by atoms with E-state index < -0.39 is 23.3 Å². The van der Waals surface area contributed by atoms with Crippen molar-refractivity contribution in [1.29, 1.82) is 0 Å². The molecule has 1 rings (SSSR count). The molecular weight excluding hydrogens is 241 g/mol. The molecule has 98 valence electrons. The van der Waals surface area contributed by atoms with Gasteiger partial charge in [0.1, 0.15) is 5.60 Å². The van der Waals surface area contributed by atoms with Gasteiger partial charge in [0.15, 0.2) is 17.9 Å². The Morgan fingerprint density at radius 1 is 1.44 bits per heavy atom. The van der Waals surface area contributed by atoms with Crippen LogP contribution in [-0.4, -0.2) is 23.1 Å². The number of nitrogens with one attached hydrogen (secondary N) is 1. The van der Waals surface area contributed by atoms with Crippen LogP contribution in [0, 0.1) is 5.82 Å². The number of hydrogen-bond donors (Lipinski definition) is 2. The molecule has 0 saturated heterocycles. The Bertz CT molecular complexity index is 480. The molecule has 1 aromatic rings. The fourth-order valence-electron chi connectivity index (χ4n) is 1.22. The van der Waals surface area contributed by atoms with Crippen LogP contribution in [0.4, 0.5) is 14.9 Å². The van der Waals surface area contributed by atoms with Gasteiger partial charge in [0, 0.05) is 0 Å². The lowest BCUT2D eigenvalue weighted by Crippen LogP contribution is -2.27. The SMILES string of the molecule is CC(C)(C)OC(=O)Nc1ccc(F)c(O)c1C=O. The number of amides is 1. The molecule has 0 unspecified atom stereocenters. The fourth-order valence-corrected chi connectivity index (χ4v) is 1.22. The Labute approximate surface area is 104 Å². The van der Waals surface area contributed by atoms with Crippen molar-refractivity contribution >= 4 is 18.1 Å². The van der Waals surface area contributed by atoms with E-state index in [-0.39, 0.29) is 17.5 Å². The van der Waals surface area contributed by atoms with E-state index in [0.717, 1.165) is 6.07 Å². The molecule has 1 aromatic carbocycles. The van der Waals surface area contributed by atoms with Gasteiger partial charge in [-0.25, -0.2) is 9.18 Å². The van der Waals surface area contributed by atoms with E-state index >= 15 is 0 Å². The number of phenolic OH excluding ortho intramolecular Hbond substituents is 1. The maximum Gasteiger partial charge on any atom is 0.412 e. The summed E-state index contributed by atoms with van der Waals surface area (Å²) in [7, 11) is 0. The molecular formula is C12H14FNO4. The molecule has 0 aliphatic carbocycles. The van der Waals surface area contributed by atoms with Gasteiger partial charge in [-0.3, -0.25) is 10.1 Å². The molecule has 0 spiro atoms. The van der Waals surface area contributed by atoms with Gasteiger partial charge in [-0.1, -0.05) is 0 Å². The Balaban J connectivity index is 2.95. The Morgan fingerprint density at radius 3 is 2.56 bits per heavy atom. The molecule has 0 radical (unpaired) electrons. The summed E-state index contributed by atoms with van der Waals surface area (Å²) in [5.74, 6) is -1.75. The summed E-state index contributed by atoms with van der Waals surface area (Å²) >= 11 is 0. The van der Waals surface area contributed by atoms with E-state index in [1.807, 2.05) is 0 Å². The molecule has 0 saturated carbocycles. The summed E-state index contributed by atoms with van der Waals surface area (Å²) in [4.78, 5) is 22.2. The Hall–Kier alpha value is -2.11. The van der Waals surface area contributed by atoms with Crippen molar-refractivity contribution in [3.63, 3.8) is 0 Å². The van der Waals surface area contributed by atoms with Crippen molar-refractivity contribution in [2.24, 2.45) is 0 Å². The van der Waals surface area contributed by atoms with Crippen LogP contribution in [0.1, 0.15) is 31.1 Å². The molecule has 0 atom stereocenters. The van der Waals surface area contributed by atoms with E-state index in [0.29, 0.717) is 0 Å². The van der Waals surface area contributed by atoms with Crippen molar-refractivity contribution in [3.8, 4) is 5.75 Å². The first-order valence-electron chi connectivity index (χ1n) is 5.21. The summed E-state index contributed by atoms with van der Waals surface area (Å²) < 4.78 is 18.0. The van der Waals surface area contributed by atoms with Gasteiger partial charge in [-0.05, 0) is 32.9 Å². The minimum Gasteiger partial charge on any atom is -0.504 e. The summed E-state index contributed by atoms with van der Waals surface area (Å²) in [5, 5.41) is 11.6. The molecule has 5 nitrogen and oxygen atoms in total. The van der Waals surface area contributed by atoms with Crippen molar-refractivity contribution in [1.82, 2.24) is 0 Å². The molecule has 0 bridgehead atoms. The van der Waals surface area contributed by atoms with Crippen molar-refractivity contribution in [2.45, 2.75) is 26.4 Å². The van der Waals surface area contributed by atoms with Gasteiger partial charge in [0.05, 0.1) is 11.3 Å². The number of halogens is 1. The predicted molar refractivity (Wildman–Crippen MR) is 63.3 cm³/mol. The number of benzene rings is 1. The number of anilines is 1. The number of aldehydes is 1.